The van der Waals surface area contributed by atoms with E-state index >= 15 is 0 Å². The molecule has 0 radical (unpaired) electrons. The molecule has 1 aliphatic carbocycles. The monoisotopic (exact) mass is 234 g/mol. The molecule has 2 heteroatoms. The molecule has 0 saturated carbocycles. The van der Waals surface area contributed by atoms with Crippen LogP contribution in [0.2, 0.25) is 0 Å². The van der Waals surface area contributed by atoms with E-state index in [0.717, 1.165) is 31.3 Å². The highest BCUT2D eigenvalue weighted by molar-refractivity contribution is 5.47. The van der Waals surface area contributed by atoms with Gasteiger partial charge in [-0.25, -0.2) is 0 Å². The number of benzene rings is 1. The summed E-state index contributed by atoms with van der Waals surface area (Å²) in [5, 5.41) is 17.8. The quantitative estimate of drug-likeness (QED) is 0.733. The summed E-state index contributed by atoms with van der Waals surface area (Å²) in [6.45, 7) is 0. The van der Waals surface area contributed by atoms with Crippen LogP contribution in [0.4, 0.5) is 0 Å². The molecule has 0 N–H and O–H groups in total. The molecule has 0 heterocycles. The lowest BCUT2D eigenvalue weighted by molar-refractivity contribution is 0.762. The molecule has 1 aromatic rings. The standard InChI is InChI=1S/C16H14N2/c17-11-16(12-18)15-8-4-7-14(10-15)9-13-5-2-1-3-6-13/h1-3,5-6,10H,4,7-9H2. The Morgan fingerprint density at radius 1 is 1.06 bits per heavy atom. The molecule has 1 aliphatic rings. The van der Waals surface area contributed by atoms with E-state index < -0.39 is 0 Å². The lowest BCUT2D eigenvalue weighted by atomic mass is 9.89. The molecular formula is C16H14N2. The van der Waals surface area contributed by atoms with Crippen LogP contribution in [0.3, 0.4) is 0 Å². The molecule has 2 rings (SSSR count). The predicted octanol–water partition coefficient (Wildman–Crippen LogP) is 3.68. The van der Waals surface area contributed by atoms with Gasteiger partial charge in [0.15, 0.2) is 0 Å². The molecule has 0 atom stereocenters. The van der Waals surface area contributed by atoms with Crippen molar-refractivity contribution in [3.05, 3.63) is 58.7 Å². The molecule has 0 fully saturated rings. The number of hydrogen-bond donors (Lipinski definition) is 0. The Morgan fingerprint density at radius 2 is 1.78 bits per heavy atom. The lowest BCUT2D eigenvalue weighted by Crippen LogP contribution is -2.00. The summed E-state index contributed by atoms with van der Waals surface area (Å²) in [7, 11) is 0. The van der Waals surface area contributed by atoms with Gasteiger partial charge in [-0.2, -0.15) is 10.5 Å². The third-order valence-electron chi connectivity index (χ3n) is 3.14. The zero-order valence-electron chi connectivity index (χ0n) is 10.2. The average Bonchev–Trinajstić information content (AvgIpc) is 2.42. The molecule has 0 aromatic heterocycles. The van der Waals surface area contributed by atoms with Gasteiger partial charge in [-0.1, -0.05) is 42.0 Å². The van der Waals surface area contributed by atoms with Crippen molar-refractivity contribution >= 4 is 0 Å². The van der Waals surface area contributed by atoms with Crippen LogP contribution in [0.5, 0.6) is 0 Å². The van der Waals surface area contributed by atoms with Crippen molar-refractivity contribution in [3.63, 3.8) is 0 Å². The Morgan fingerprint density at radius 3 is 2.44 bits per heavy atom. The van der Waals surface area contributed by atoms with Crippen molar-refractivity contribution in [2.75, 3.05) is 0 Å². The normalized spacial score (nSPS) is 14.3. The van der Waals surface area contributed by atoms with Gasteiger partial charge in [0.25, 0.3) is 0 Å². The highest BCUT2D eigenvalue weighted by Crippen LogP contribution is 2.26. The second-order valence-electron chi connectivity index (χ2n) is 4.44. The molecule has 18 heavy (non-hydrogen) atoms. The van der Waals surface area contributed by atoms with Crippen LogP contribution in [-0.2, 0) is 6.42 Å². The zero-order chi connectivity index (χ0) is 12.8. The van der Waals surface area contributed by atoms with Crippen molar-refractivity contribution in [2.24, 2.45) is 0 Å². The third kappa shape index (κ3) is 2.87. The van der Waals surface area contributed by atoms with Crippen molar-refractivity contribution < 1.29 is 0 Å². The van der Waals surface area contributed by atoms with E-state index in [4.69, 9.17) is 10.5 Å². The van der Waals surface area contributed by atoms with Crippen LogP contribution in [0, 0.1) is 22.7 Å². The summed E-state index contributed by atoms with van der Waals surface area (Å²) < 4.78 is 0. The number of nitrogens with zero attached hydrogens (tertiary/aromatic N) is 2. The van der Waals surface area contributed by atoms with Crippen molar-refractivity contribution in [1.82, 2.24) is 0 Å². The first-order chi connectivity index (χ1) is 8.83. The number of hydrogen-bond acceptors (Lipinski definition) is 2. The predicted molar refractivity (Wildman–Crippen MR) is 70.3 cm³/mol. The second kappa shape index (κ2) is 5.84. The van der Waals surface area contributed by atoms with E-state index in [1.54, 1.807) is 0 Å². The highest BCUT2D eigenvalue weighted by atomic mass is 14.3. The first-order valence-corrected chi connectivity index (χ1v) is 6.10. The smallest absolute Gasteiger partial charge is 0.132 e. The summed E-state index contributed by atoms with van der Waals surface area (Å²) in [6, 6.07) is 14.2. The summed E-state index contributed by atoms with van der Waals surface area (Å²) in [6.07, 6.45) is 5.88. The summed E-state index contributed by atoms with van der Waals surface area (Å²) in [4.78, 5) is 0. The van der Waals surface area contributed by atoms with Gasteiger partial charge in [-0.3, -0.25) is 0 Å². The summed E-state index contributed by atoms with van der Waals surface area (Å²) >= 11 is 0. The van der Waals surface area contributed by atoms with Gasteiger partial charge < -0.3 is 0 Å². The van der Waals surface area contributed by atoms with Gasteiger partial charge in [0.1, 0.15) is 17.7 Å². The molecule has 0 unspecified atom stereocenters. The van der Waals surface area contributed by atoms with Crippen molar-refractivity contribution in [3.8, 4) is 12.1 Å². The maximum Gasteiger partial charge on any atom is 0.132 e. The molecule has 0 saturated heterocycles. The van der Waals surface area contributed by atoms with E-state index in [2.05, 4.69) is 12.1 Å². The molecule has 0 amide bonds. The van der Waals surface area contributed by atoms with Crippen molar-refractivity contribution in [1.29, 1.82) is 10.5 Å². The summed E-state index contributed by atoms with van der Waals surface area (Å²) in [5.41, 5.74) is 3.75. The van der Waals surface area contributed by atoms with Crippen LogP contribution < -0.4 is 0 Å². The van der Waals surface area contributed by atoms with Crippen LogP contribution in [0.25, 0.3) is 0 Å². The SMILES string of the molecule is N#CC(C#N)=C1C=C(Cc2ccccc2)CCC1. The number of nitriles is 2. The minimum absolute atomic E-state index is 0.264. The van der Waals surface area contributed by atoms with Gasteiger partial charge in [-0.15, -0.1) is 0 Å². The fourth-order valence-electron chi connectivity index (χ4n) is 2.26. The zero-order valence-corrected chi connectivity index (χ0v) is 10.2. The Kier molecular flexibility index (Phi) is 3.94. The molecule has 88 valence electrons. The molecule has 0 aliphatic heterocycles. The Balaban J connectivity index is 2.23. The largest absolute Gasteiger partial charge is 0.192 e. The molecule has 0 bridgehead atoms. The minimum atomic E-state index is 0.264. The van der Waals surface area contributed by atoms with E-state index in [-0.39, 0.29) is 5.57 Å². The molecule has 1 aromatic carbocycles. The Bertz CT molecular complexity index is 549. The Hall–Kier alpha value is -2.32. The van der Waals surface area contributed by atoms with Gasteiger partial charge in [0, 0.05) is 0 Å². The van der Waals surface area contributed by atoms with E-state index in [9.17, 15) is 0 Å². The van der Waals surface area contributed by atoms with Gasteiger partial charge in [0.05, 0.1) is 0 Å². The van der Waals surface area contributed by atoms with Crippen LogP contribution in [-0.4, -0.2) is 0 Å². The van der Waals surface area contributed by atoms with Crippen LogP contribution in [0.1, 0.15) is 24.8 Å². The van der Waals surface area contributed by atoms with Gasteiger partial charge in [0.2, 0.25) is 0 Å². The van der Waals surface area contributed by atoms with E-state index in [1.165, 1.54) is 11.1 Å². The lowest BCUT2D eigenvalue weighted by Gasteiger charge is -2.15. The van der Waals surface area contributed by atoms with Gasteiger partial charge >= 0.3 is 0 Å². The maximum atomic E-state index is 8.89. The fourth-order valence-corrected chi connectivity index (χ4v) is 2.26. The fraction of sp³-hybridized carbons (Fsp3) is 0.250. The molecular weight excluding hydrogens is 220 g/mol. The minimum Gasteiger partial charge on any atom is -0.192 e. The van der Waals surface area contributed by atoms with E-state index in [1.807, 2.05) is 36.4 Å². The molecule has 0 spiro atoms. The second-order valence-corrected chi connectivity index (χ2v) is 4.44. The first-order valence-electron chi connectivity index (χ1n) is 6.10. The highest BCUT2D eigenvalue weighted by Gasteiger charge is 2.12. The molecule has 2 nitrogen and oxygen atoms in total. The number of rotatable bonds is 2. The maximum absolute atomic E-state index is 8.89. The Labute approximate surface area is 107 Å². The topological polar surface area (TPSA) is 47.6 Å². The van der Waals surface area contributed by atoms with Crippen molar-refractivity contribution in [2.45, 2.75) is 25.7 Å². The summed E-state index contributed by atoms with van der Waals surface area (Å²) in [5.74, 6) is 0. The van der Waals surface area contributed by atoms with Crippen LogP contribution in [0.15, 0.2) is 53.1 Å². The number of allylic oxidation sites excluding steroid dienone is 4. The van der Waals surface area contributed by atoms with Crippen LogP contribution >= 0.6 is 0 Å². The first kappa shape index (κ1) is 12.1. The average molecular weight is 234 g/mol. The van der Waals surface area contributed by atoms with E-state index in [0.29, 0.717) is 0 Å². The van der Waals surface area contributed by atoms with Gasteiger partial charge in [-0.05, 0) is 36.8 Å². The third-order valence-corrected chi connectivity index (χ3v) is 3.14.